The predicted octanol–water partition coefficient (Wildman–Crippen LogP) is -0.418. The van der Waals surface area contributed by atoms with E-state index in [-0.39, 0.29) is 11.9 Å². The Hall–Kier alpha value is -3.34. The molecule has 2 aromatic rings. The number of nitrogen functional groups attached to an aromatic ring is 1. The van der Waals surface area contributed by atoms with Gasteiger partial charge in [0, 0.05) is 51.7 Å². The molecule has 152 valence electrons. The lowest BCUT2D eigenvalue weighted by atomic mass is 10.3. The van der Waals surface area contributed by atoms with Crippen LogP contribution in [0.2, 0.25) is 0 Å². The highest BCUT2D eigenvalue weighted by Crippen LogP contribution is 2.22. The van der Waals surface area contributed by atoms with Crippen LogP contribution in [0.25, 0.3) is 11.4 Å². The quantitative estimate of drug-likeness (QED) is 0.680. The number of carbonyl (C=O) groups excluding carboxylic acids is 1. The number of nitrogens with two attached hydrogens (primary N) is 1. The minimum atomic E-state index is -0.0611. The van der Waals surface area contributed by atoms with Crippen molar-refractivity contribution in [1.29, 1.82) is 0 Å². The molecule has 2 aliphatic rings. The van der Waals surface area contributed by atoms with Crippen molar-refractivity contribution in [3.8, 4) is 11.4 Å². The smallest absolute Gasteiger partial charge is 0.246 e. The SMILES string of the molecule is C=CC(=O)N1CCN(c2nc(-c3cnc(N)nc3)nc(N3CCOCC3)n2)CC1. The monoisotopic (exact) mass is 397 g/mol. The van der Waals surface area contributed by atoms with Crippen molar-refractivity contribution in [2.45, 2.75) is 0 Å². The van der Waals surface area contributed by atoms with Gasteiger partial charge < -0.3 is 25.2 Å². The first-order valence-corrected chi connectivity index (χ1v) is 9.47. The van der Waals surface area contributed by atoms with Gasteiger partial charge in [-0.15, -0.1) is 0 Å². The van der Waals surface area contributed by atoms with E-state index in [9.17, 15) is 4.79 Å². The number of nitrogens with zero attached hydrogens (tertiary/aromatic N) is 8. The number of piperazine rings is 1. The van der Waals surface area contributed by atoms with E-state index in [1.165, 1.54) is 6.08 Å². The Morgan fingerprint density at radius 1 is 0.966 bits per heavy atom. The Labute approximate surface area is 168 Å². The first-order valence-electron chi connectivity index (χ1n) is 9.47. The molecule has 2 saturated heterocycles. The predicted molar refractivity (Wildman–Crippen MR) is 107 cm³/mol. The molecule has 0 bridgehead atoms. The van der Waals surface area contributed by atoms with Gasteiger partial charge in [-0.2, -0.15) is 15.0 Å². The molecule has 11 heteroatoms. The Morgan fingerprint density at radius 2 is 1.55 bits per heavy atom. The summed E-state index contributed by atoms with van der Waals surface area (Å²) in [7, 11) is 0. The highest BCUT2D eigenvalue weighted by Gasteiger charge is 2.24. The lowest BCUT2D eigenvalue weighted by molar-refractivity contribution is -0.126. The maximum atomic E-state index is 11.8. The summed E-state index contributed by atoms with van der Waals surface area (Å²) in [5, 5.41) is 0. The minimum absolute atomic E-state index is 0.0611. The van der Waals surface area contributed by atoms with Crippen LogP contribution in [0.1, 0.15) is 0 Å². The maximum absolute atomic E-state index is 11.8. The summed E-state index contributed by atoms with van der Waals surface area (Å²) in [5.74, 6) is 1.78. The fourth-order valence-corrected chi connectivity index (χ4v) is 3.24. The standard InChI is InChI=1S/C18H23N9O2/c1-2-14(28)25-3-5-26(6-4-25)17-22-15(13-11-20-16(19)21-12-13)23-18(24-17)27-7-9-29-10-8-27/h2,11-12H,1,3-10H2,(H2,19,20,21). The first kappa shape index (κ1) is 19.0. The molecule has 0 aromatic carbocycles. The lowest BCUT2D eigenvalue weighted by Gasteiger charge is -2.35. The number of morpholine rings is 1. The third-order valence-corrected chi connectivity index (χ3v) is 4.88. The molecule has 0 atom stereocenters. The summed E-state index contributed by atoms with van der Waals surface area (Å²) in [6.07, 6.45) is 4.55. The van der Waals surface area contributed by atoms with E-state index in [0.29, 0.717) is 75.8 Å². The van der Waals surface area contributed by atoms with Gasteiger partial charge in [0.15, 0.2) is 5.82 Å². The van der Waals surface area contributed by atoms with Crippen molar-refractivity contribution in [3.63, 3.8) is 0 Å². The molecule has 29 heavy (non-hydrogen) atoms. The lowest BCUT2D eigenvalue weighted by Crippen LogP contribution is -2.49. The normalized spacial score (nSPS) is 17.3. The molecule has 4 rings (SSSR count). The van der Waals surface area contributed by atoms with Crippen LogP contribution in [0.4, 0.5) is 17.8 Å². The molecule has 2 aromatic heterocycles. The van der Waals surface area contributed by atoms with E-state index < -0.39 is 0 Å². The van der Waals surface area contributed by atoms with Gasteiger partial charge >= 0.3 is 0 Å². The van der Waals surface area contributed by atoms with E-state index >= 15 is 0 Å². The summed E-state index contributed by atoms with van der Waals surface area (Å²) in [6.45, 7) is 8.66. The maximum Gasteiger partial charge on any atom is 0.246 e. The third-order valence-electron chi connectivity index (χ3n) is 4.88. The average Bonchev–Trinajstić information content (AvgIpc) is 2.79. The molecule has 1 amide bonds. The summed E-state index contributed by atoms with van der Waals surface area (Å²) < 4.78 is 5.44. The van der Waals surface area contributed by atoms with Crippen molar-refractivity contribution in [1.82, 2.24) is 29.8 Å². The van der Waals surface area contributed by atoms with Crippen LogP contribution in [-0.4, -0.2) is 88.2 Å². The number of hydrogen-bond acceptors (Lipinski definition) is 10. The second-order valence-corrected chi connectivity index (χ2v) is 6.70. The van der Waals surface area contributed by atoms with Gasteiger partial charge in [0.2, 0.25) is 23.8 Å². The van der Waals surface area contributed by atoms with Crippen molar-refractivity contribution in [3.05, 3.63) is 25.0 Å². The highest BCUT2D eigenvalue weighted by atomic mass is 16.5. The van der Waals surface area contributed by atoms with E-state index in [0.717, 1.165) is 0 Å². The van der Waals surface area contributed by atoms with Gasteiger partial charge in [0.25, 0.3) is 0 Å². The van der Waals surface area contributed by atoms with Crippen molar-refractivity contribution in [2.75, 3.05) is 68.0 Å². The van der Waals surface area contributed by atoms with Crippen LogP contribution in [0.15, 0.2) is 25.0 Å². The van der Waals surface area contributed by atoms with Gasteiger partial charge in [-0.1, -0.05) is 6.58 Å². The number of carbonyl (C=O) groups is 1. The number of hydrogen-bond donors (Lipinski definition) is 1. The summed E-state index contributed by atoms with van der Waals surface area (Å²) >= 11 is 0. The Morgan fingerprint density at radius 3 is 2.14 bits per heavy atom. The number of ether oxygens (including phenoxy) is 1. The van der Waals surface area contributed by atoms with E-state index in [1.54, 1.807) is 17.3 Å². The molecule has 0 aliphatic carbocycles. The van der Waals surface area contributed by atoms with Crippen LogP contribution >= 0.6 is 0 Å². The zero-order chi connectivity index (χ0) is 20.2. The van der Waals surface area contributed by atoms with E-state index in [1.807, 2.05) is 0 Å². The molecule has 0 spiro atoms. The fourth-order valence-electron chi connectivity index (χ4n) is 3.24. The molecule has 2 fully saturated rings. The number of aromatic nitrogens is 5. The van der Waals surface area contributed by atoms with Crippen molar-refractivity contribution < 1.29 is 9.53 Å². The number of anilines is 3. The number of amides is 1. The van der Waals surface area contributed by atoms with Gasteiger partial charge in [-0.25, -0.2) is 9.97 Å². The van der Waals surface area contributed by atoms with Crippen molar-refractivity contribution in [2.24, 2.45) is 0 Å². The summed E-state index contributed by atoms with van der Waals surface area (Å²) in [6, 6.07) is 0. The van der Waals surface area contributed by atoms with Crippen molar-refractivity contribution >= 4 is 23.8 Å². The average molecular weight is 397 g/mol. The van der Waals surface area contributed by atoms with Crippen LogP contribution in [0.3, 0.4) is 0 Å². The molecule has 2 N–H and O–H groups in total. The second kappa shape index (κ2) is 8.35. The molecule has 0 unspecified atom stereocenters. The molecule has 0 saturated carbocycles. The summed E-state index contributed by atoms with van der Waals surface area (Å²) in [5.41, 5.74) is 6.27. The zero-order valence-corrected chi connectivity index (χ0v) is 16.1. The highest BCUT2D eigenvalue weighted by molar-refractivity contribution is 5.87. The minimum Gasteiger partial charge on any atom is -0.378 e. The molecular weight excluding hydrogens is 374 g/mol. The largest absolute Gasteiger partial charge is 0.378 e. The topological polar surface area (TPSA) is 126 Å². The Kier molecular flexibility index (Phi) is 5.47. The molecular formula is C18H23N9O2. The van der Waals surface area contributed by atoms with E-state index in [4.69, 9.17) is 15.5 Å². The van der Waals surface area contributed by atoms with Crippen LogP contribution in [0.5, 0.6) is 0 Å². The van der Waals surface area contributed by atoms with Gasteiger partial charge in [0.05, 0.1) is 18.8 Å². The summed E-state index contributed by atoms with van der Waals surface area (Å²) in [4.78, 5) is 39.8. The van der Waals surface area contributed by atoms with Crippen LogP contribution in [0, 0.1) is 0 Å². The van der Waals surface area contributed by atoms with E-state index in [2.05, 4.69) is 36.3 Å². The van der Waals surface area contributed by atoms with Crippen LogP contribution < -0.4 is 15.5 Å². The zero-order valence-electron chi connectivity index (χ0n) is 16.1. The fraction of sp³-hybridized carbons (Fsp3) is 0.444. The molecule has 11 nitrogen and oxygen atoms in total. The number of rotatable bonds is 4. The van der Waals surface area contributed by atoms with Gasteiger partial charge in [-0.05, 0) is 6.08 Å². The van der Waals surface area contributed by atoms with Gasteiger partial charge in [-0.3, -0.25) is 4.79 Å². The third kappa shape index (κ3) is 4.24. The van der Waals surface area contributed by atoms with Gasteiger partial charge in [0.1, 0.15) is 0 Å². The van der Waals surface area contributed by atoms with Crippen LogP contribution in [-0.2, 0) is 9.53 Å². The molecule has 0 radical (unpaired) electrons. The Bertz CT molecular complexity index is 875. The Balaban J connectivity index is 1.63. The second-order valence-electron chi connectivity index (χ2n) is 6.70. The first-order chi connectivity index (χ1) is 14.1. The molecule has 4 heterocycles. The molecule has 2 aliphatic heterocycles.